The van der Waals surface area contributed by atoms with Crippen LogP contribution in [0.2, 0.25) is 0 Å². The summed E-state index contributed by atoms with van der Waals surface area (Å²) in [5.41, 5.74) is 6.15. The molecule has 38 heavy (non-hydrogen) atoms. The molecule has 1 saturated heterocycles. The molecule has 3 aromatic carbocycles. The normalized spacial score (nSPS) is 16.1. The lowest BCUT2D eigenvalue weighted by atomic mass is 9.96. The quantitative estimate of drug-likeness (QED) is 0.413. The van der Waals surface area contributed by atoms with E-state index in [1.807, 2.05) is 42.6 Å². The molecule has 0 bridgehead atoms. The lowest BCUT2D eigenvalue weighted by Gasteiger charge is -2.34. The number of hydrogen-bond donors (Lipinski definition) is 1. The molecule has 194 valence electrons. The minimum absolute atomic E-state index is 0.00600. The minimum atomic E-state index is -0.0195. The maximum absolute atomic E-state index is 13.3. The van der Waals surface area contributed by atoms with Crippen LogP contribution >= 0.6 is 0 Å². The summed E-state index contributed by atoms with van der Waals surface area (Å²) in [6, 6.07) is 22.7. The van der Waals surface area contributed by atoms with Gasteiger partial charge in [-0.15, -0.1) is 0 Å². The predicted octanol–water partition coefficient (Wildman–Crippen LogP) is 4.67. The van der Waals surface area contributed by atoms with Gasteiger partial charge in [0, 0.05) is 55.1 Å². The van der Waals surface area contributed by atoms with Crippen molar-refractivity contribution in [3.05, 3.63) is 100.0 Å². The van der Waals surface area contributed by atoms with Crippen LogP contribution in [0.5, 0.6) is 0 Å². The van der Waals surface area contributed by atoms with Crippen molar-refractivity contribution in [2.75, 3.05) is 38.1 Å². The Hall–Kier alpha value is -3.90. The topological polar surface area (TPSA) is 57.6 Å². The zero-order valence-corrected chi connectivity index (χ0v) is 22.1. The fourth-order valence-corrected chi connectivity index (χ4v) is 5.22. The van der Waals surface area contributed by atoms with Crippen LogP contribution in [-0.4, -0.2) is 54.6 Å². The van der Waals surface area contributed by atoms with Crippen molar-refractivity contribution in [1.82, 2.24) is 14.8 Å². The molecule has 2 fully saturated rings. The number of hydrogen-bond acceptors (Lipinski definition) is 4. The van der Waals surface area contributed by atoms with E-state index in [0.717, 1.165) is 66.7 Å². The van der Waals surface area contributed by atoms with Crippen LogP contribution in [0.25, 0.3) is 21.9 Å². The van der Waals surface area contributed by atoms with Crippen molar-refractivity contribution in [3.8, 4) is 11.1 Å². The van der Waals surface area contributed by atoms with E-state index in [1.54, 1.807) is 4.57 Å². The first-order chi connectivity index (χ1) is 18.4. The number of benzene rings is 3. The highest BCUT2D eigenvalue weighted by Crippen LogP contribution is 2.28. The first-order valence-corrected chi connectivity index (χ1v) is 13.5. The van der Waals surface area contributed by atoms with E-state index in [4.69, 9.17) is 0 Å². The van der Waals surface area contributed by atoms with Crippen LogP contribution < -0.4 is 15.8 Å². The van der Waals surface area contributed by atoms with E-state index in [0.29, 0.717) is 23.5 Å². The van der Waals surface area contributed by atoms with Gasteiger partial charge in [-0.1, -0.05) is 24.3 Å². The maximum atomic E-state index is 13.3. The number of likely N-dealkylation sites (N-methyl/N-ethyl adjacent to an activating group) is 1. The maximum Gasteiger partial charge on any atom is 0.258 e. The van der Waals surface area contributed by atoms with Crippen LogP contribution in [0.15, 0.2) is 77.7 Å². The van der Waals surface area contributed by atoms with E-state index in [1.165, 1.54) is 5.69 Å². The second kappa shape index (κ2) is 10.1. The van der Waals surface area contributed by atoms with E-state index in [9.17, 15) is 9.59 Å². The van der Waals surface area contributed by atoms with Gasteiger partial charge in [-0.3, -0.25) is 9.59 Å². The number of rotatable bonds is 6. The molecule has 1 saturated carbocycles. The minimum Gasteiger partial charge on any atom is -0.369 e. The van der Waals surface area contributed by atoms with Gasteiger partial charge in [-0.05, 0) is 96.9 Å². The number of aryl methyl sites for hydroxylation is 1. The molecule has 6 heteroatoms. The zero-order chi connectivity index (χ0) is 26.2. The van der Waals surface area contributed by atoms with Crippen LogP contribution in [0.3, 0.4) is 0 Å². The van der Waals surface area contributed by atoms with E-state index in [2.05, 4.69) is 59.4 Å². The average molecular weight is 507 g/mol. The van der Waals surface area contributed by atoms with Crippen molar-refractivity contribution in [3.63, 3.8) is 0 Å². The number of piperazine rings is 1. The molecule has 2 aliphatic rings. The van der Waals surface area contributed by atoms with Gasteiger partial charge in [-0.25, -0.2) is 0 Å². The molecular formula is C32H34N4O2. The largest absolute Gasteiger partial charge is 0.369 e. The molecule has 6 nitrogen and oxygen atoms in total. The summed E-state index contributed by atoms with van der Waals surface area (Å²) in [6.07, 6.45) is 4.01. The third kappa shape index (κ3) is 5.09. The highest BCUT2D eigenvalue weighted by molar-refractivity contribution is 5.96. The Labute approximate surface area is 223 Å². The number of nitrogens with zero attached hydrogens (tertiary/aromatic N) is 3. The molecular weight excluding hydrogens is 472 g/mol. The molecule has 1 aliphatic carbocycles. The van der Waals surface area contributed by atoms with Gasteiger partial charge in [0.2, 0.25) is 0 Å². The number of carbonyl (C=O) groups is 1. The molecule has 0 atom stereocenters. The van der Waals surface area contributed by atoms with Gasteiger partial charge in [0.05, 0.1) is 6.54 Å². The van der Waals surface area contributed by atoms with Gasteiger partial charge in [-0.2, -0.15) is 0 Å². The number of amides is 1. The van der Waals surface area contributed by atoms with E-state index >= 15 is 0 Å². The summed E-state index contributed by atoms with van der Waals surface area (Å²) >= 11 is 0. The standard InChI is InChI=1S/C32H34N4O2/c1-22-3-6-26(31(37)33-27-8-9-27)20-30(22)24-7-12-29-25(19-24)13-14-36(32(29)38)21-23-4-10-28(11-5-23)35-17-15-34(2)16-18-35/h3-7,10-14,19-20,27H,8-9,15-18,21H2,1-2H3,(H,33,37). The molecule has 1 amide bonds. The second-order valence-corrected chi connectivity index (χ2v) is 10.8. The third-order valence-corrected chi connectivity index (χ3v) is 7.86. The summed E-state index contributed by atoms with van der Waals surface area (Å²) in [4.78, 5) is 30.7. The molecule has 1 aromatic heterocycles. The van der Waals surface area contributed by atoms with Gasteiger partial charge in [0.25, 0.3) is 11.5 Å². The monoisotopic (exact) mass is 506 g/mol. The lowest BCUT2D eigenvalue weighted by Crippen LogP contribution is -2.44. The number of pyridine rings is 1. The van der Waals surface area contributed by atoms with Crippen LogP contribution in [-0.2, 0) is 6.54 Å². The van der Waals surface area contributed by atoms with E-state index in [-0.39, 0.29) is 11.5 Å². The molecule has 0 radical (unpaired) electrons. The summed E-state index contributed by atoms with van der Waals surface area (Å²) in [5.74, 6) is -0.0195. The summed E-state index contributed by atoms with van der Waals surface area (Å²) < 4.78 is 1.78. The molecule has 1 N–H and O–H groups in total. The first-order valence-electron chi connectivity index (χ1n) is 13.5. The molecule has 0 spiro atoms. The van der Waals surface area contributed by atoms with Crippen molar-refractivity contribution >= 4 is 22.4 Å². The van der Waals surface area contributed by atoms with Crippen molar-refractivity contribution < 1.29 is 4.79 Å². The van der Waals surface area contributed by atoms with Crippen molar-refractivity contribution in [1.29, 1.82) is 0 Å². The lowest BCUT2D eigenvalue weighted by molar-refractivity contribution is 0.0951. The summed E-state index contributed by atoms with van der Waals surface area (Å²) in [7, 11) is 2.16. The smallest absolute Gasteiger partial charge is 0.258 e. The average Bonchev–Trinajstić information content (AvgIpc) is 3.75. The Morgan fingerprint density at radius 1 is 0.921 bits per heavy atom. The predicted molar refractivity (Wildman–Crippen MR) is 154 cm³/mol. The Morgan fingerprint density at radius 2 is 1.68 bits per heavy atom. The number of nitrogens with one attached hydrogen (secondary N) is 1. The van der Waals surface area contributed by atoms with Gasteiger partial charge in [0.15, 0.2) is 0 Å². The molecule has 2 heterocycles. The highest BCUT2D eigenvalue weighted by atomic mass is 16.1. The number of anilines is 1. The Morgan fingerprint density at radius 3 is 2.42 bits per heavy atom. The van der Waals surface area contributed by atoms with Gasteiger partial charge < -0.3 is 19.7 Å². The van der Waals surface area contributed by atoms with Gasteiger partial charge in [0.1, 0.15) is 0 Å². The molecule has 4 aromatic rings. The van der Waals surface area contributed by atoms with Crippen LogP contribution in [0, 0.1) is 6.92 Å². The SMILES string of the molecule is Cc1ccc(C(=O)NC2CC2)cc1-c1ccc2c(=O)n(Cc3ccc(N4CCN(C)CC4)cc3)ccc2c1. The number of fused-ring (bicyclic) bond motifs is 1. The Kier molecular flexibility index (Phi) is 6.50. The third-order valence-electron chi connectivity index (χ3n) is 7.86. The number of aromatic nitrogens is 1. The van der Waals surface area contributed by atoms with Gasteiger partial charge >= 0.3 is 0 Å². The highest BCUT2D eigenvalue weighted by Gasteiger charge is 2.24. The van der Waals surface area contributed by atoms with Crippen molar-refractivity contribution in [2.24, 2.45) is 0 Å². The summed E-state index contributed by atoms with van der Waals surface area (Å²) in [5, 5.41) is 4.67. The molecule has 0 unspecified atom stereocenters. The Balaban J connectivity index is 1.22. The fourth-order valence-electron chi connectivity index (χ4n) is 5.22. The molecule has 6 rings (SSSR count). The van der Waals surface area contributed by atoms with Crippen LogP contribution in [0.1, 0.15) is 34.3 Å². The van der Waals surface area contributed by atoms with Crippen molar-refractivity contribution in [2.45, 2.75) is 32.4 Å². The van der Waals surface area contributed by atoms with E-state index < -0.39 is 0 Å². The Bertz CT molecular complexity index is 1540. The fraction of sp³-hybridized carbons (Fsp3) is 0.312. The zero-order valence-electron chi connectivity index (χ0n) is 22.1. The summed E-state index contributed by atoms with van der Waals surface area (Å²) in [6.45, 7) is 6.83. The second-order valence-electron chi connectivity index (χ2n) is 10.8. The van der Waals surface area contributed by atoms with Crippen LogP contribution in [0.4, 0.5) is 5.69 Å². The first kappa shape index (κ1) is 24.4. The molecule has 1 aliphatic heterocycles. The number of carbonyl (C=O) groups excluding carboxylic acids is 1.